The number of carbonyl (C=O) groups excluding carboxylic acids is 1. The third-order valence-corrected chi connectivity index (χ3v) is 3.24. The third-order valence-electron chi connectivity index (χ3n) is 3.24. The summed E-state index contributed by atoms with van der Waals surface area (Å²) in [6, 6.07) is 10.6. The lowest BCUT2D eigenvalue weighted by Crippen LogP contribution is -2.12. The smallest absolute Gasteiger partial charge is 0.130 e. The predicted molar refractivity (Wildman–Crippen MR) is 66.3 cm³/mol. The highest BCUT2D eigenvalue weighted by Crippen LogP contribution is 2.33. The van der Waals surface area contributed by atoms with Crippen molar-refractivity contribution < 1.29 is 4.79 Å². The molecule has 1 aliphatic carbocycles. The molecule has 0 heterocycles. The Bertz CT molecular complexity index is 378. The van der Waals surface area contributed by atoms with Crippen molar-refractivity contribution in [3.63, 3.8) is 0 Å². The van der Waals surface area contributed by atoms with Crippen molar-refractivity contribution >= 4 is 5.78 Å². The molecule has 0 unspecified atom stereocenters. The molecule has 84 valence electrons. The summed E-state index contributed by atoms with van der Waals surface area (Å²) in [6.07, 6.45) is 7.36. The molecule has 0 aliphatic heterocycles. The number of ketones is 1. The molecule has 0 radical (unpaired) electrons. The van der Waals surface area contributed by atoms with Crippen LogP contribution >= 0.6 is 0 Å². The molecule has 0 saturated carbocycles. The molecule has 0 amide bonds. The van der Waals surface area contributed by atoms with Gasteiger partial charge in [-0.15, -0.1) is 0 Å². The van der Waals surface area contributed by atoms with E-state index in [1.54, 1.807) is 6.92 Å². The molecule has 1 aromatic carbocycles. The van der Waals surface area contributed by atoms with Gasteiger partial charge < -0.3 is 4.79 Å². The Balaban J connectivity index is 2.04. The van der Waals surface area contributed by atoms with Crippen LogP contribution in [-0.2, 0) is 4.79 Å². The van der Waals surface area contributed by atoms with E-state index >= 15 is 0 Å². The zero-order valence-corrected chi connectivity index (χ0v) is 9.73. The number of benzene rings is 1. The number of hydrogen-bond donors (Lipinski definition) is 0. The molecular formula is C15H18O. The molecule has 1 heteroatoms. The average molecular weight is 214 g/mol. The van der Waals surface area contributed by atoms with Crippen molar-refractivity contribution in [1.82, 2.24) is 0 Å². The fourth-order valence-corrected chi connectivity index (χ4v) is 2.49. The summed E-state index contributed by atoms with van der Waals surface area (Å²) in [7, 11) is 0. The summed E-state index contributed by atoms with van der Waals surface area (Å²) in [6.45, 7) is 1.68. The molecule has 0 bridgehead atoms. The van der Waals surface area contributed by atoms with Gasteiger partial charge in [-0.1, -0.05) is 42.5 Å². The summed E-state index contributed by atoms with van der Waals surface area (Å²) in [5.41, 5.74) is 1.40. The molecule has 1 aliphatic rings. The minimum absolute atomic E-state index is 0.295. The van der Waals surface area contributed by atoms with Gasteiger partial charge in [0.1, 0.15) is 5.78 Å². The highest BCUT2D eigenvalue weighted by atomic mass is 16.1. The highest BCUT2D eigenvalue weighted by Gasteiger charge is 2.20. The van der Waals surface area contributed by atoms with Crippen LogP contribution in [0.2, 0.25) is 0 Å². The lowest BCUT2D eigenvalue weighted by molar-refractivity contribution is -0.117. The van der Waals surface area contributed by atoms with Crippen LogP contribution in [0, 0.1) is 5.92 Å². The van der Waals surface area contributed by atoms with E-state index in [9.17, 15) is 4.79 Å². The summed E-state index contributed by atoms with van der Waals surface area (Å²) >= 11 is 0. The lowest BCUT2D eigenvalue weighted by Gasteiger charge is -2.24. The second kappa shape index (κ2) is 5.11. The second-order valence-corrected chi connectivity index (χ2v) is 4.67. The van der Waals surface area contributed by atoms with Crippen molar-refractivity contribution in [3.8, 4) is 0 Å². The SMILES string of the molecule is CC(=O)C[C@@H]1C=CC[C@H](c2ccccc2)C1. The van der Waals surface area contributed by atoms with Crippen LogP contribution < -0.4 is 0 Å². The summed E-state index contributed by atoms with van der Waals surface area (Å²) < 4.78 is 0. The van der Waals surface area contributed by atoms with E-state index in [0.717, 1.165) is 12.8 Å². The van der Waals surface area contributed by atoms with Gasteiger partial charge in [-0.25, -0.2) is 0 Å². The van der Waals surface area contributed by atoms with Crippen LogP contribution in [0.5, 0.6) is 0 Å². The van der Waals surface area contributed by atoms with Crippen LogP contribution in [0.25, 0.3) is 0 Å². The monoisotopic (exact) mass is 214 g/mol. The van der Waals surface area contributed by atoms with Crippen molar-refractivity contribution in [2.75, 3.05) is 0 Å². The van der Waals surface area contributed by atoms with E-state index in [4.69, 9.17) is 0 Å². The minimum atomic E-state index is 0.295. The van der Waals surface area contributed by atoms with Gasteiger partial charge in [-0.3, -0.25) is 0 Å². The number of allylic oxidation sites excluding steroid dienone is 2. The van der Waals surface area contributed by atoms with E-state index in [1.165, 1.54) is 5.56 Å². The first-order valence-corrected chi connectivity index (χ1v) is 5.96. The van der Waals surface area contributed by atoms with E-state index < -0.39 is 0 Å². The molecule has 0 spiro atoms. The van der Waals surface area contributed by atoms with Crippen LogP contribution in [0.15, 0.2) is 42.5 Å². The molecule has 0 fully saturated rings. The first-order valence-electron chi connectivity index (χ1n) is 5.96. The normalized spacial score (nSPS) is 24.3. The van der Waals surface area contributed by atoms with Gasteiger partial charge >= 0.3 is 0 Å². The van der Waals surface area contributed by atoms with Crippen LogP contribution in [0.4, 0.5) is 0 Å². The van der Waals surface area contributed by atoms with E-state index in [-0.39, 0.29) is 0 Å². The van der Waals surface area contributed by atoms with Crippen LogP contribution in [-0.4, -0.2) is 5.78 Å². The van der Waals surface area contributed by atoms with Gasteiger partial charge in [0, 0.05) is 6.42 Å². The average Bonchev–Trinajstić information content (AvgIpc) is 2.30. The van der Waals surface area contributed by atoms with Gasteiger partial charge in [0.25, 0.3) is 0 Å². The summed E-state index contributed by atoms with van der Waals surface area (Å²) in [5, 5.41) is 0. The van der Waals surface area contributed by atoms with E-state index in [2.05, 4.69) is 42.5 Å². The number of carbonyl (C=O) groups is 1. The maximum Gasteiger partial charge on any atom is 0.130 e. The highest BCUT2D eigenvalue weighted by molar-refractivity contribution is 5.76. The molecule has 2 rings (SSSR count). The number of Topliss-reactive ketones (excluding diaryl/α,β-unsaturated/α-hetero) is 1. The van der Waals surface area contributed by atoms with Gasteiger partial charge in [-0.05, 0) is 37.2 Å². The van der Waals surface area contributed by atoms with Gasteiger partial charge in [-0.2, -0.15) is 0 Å². The molecule has 2 atom stereocenters. The maximum atomic E-state index is 11.1. The standard InChI is InChI=1S/C15H18O/c1-12(16)10-13-6-5-9-15(11-13)14-7-3-2-4-8-14/h2-8,13,15H,9-11H2,1H3/t13-,15-/m0/s1. The Hall–Kier alpha value is -1.37. The summed E-state index contributed by atoms with van der Waals surface area (Å²) in [5.74, 6) is 1.33. The Morgan fingerprint density at radius 1 is 1.31 bits per heavy atom. The van der Waals surface area contributed by atoms with Crippen molar-refractivity contribution in [1.29, 1.82) is 0 Å². The molecule has 0 N–H and O–H groups in total. The zero-order valence-electron chi connectivity index (χ0n) is 9.73. The van der Waals surface area contributed by atoms with E-state index in [0.29, 0.717) is 24.0 Å². The Morgan fingerprint density at radius 3 is 2.75 bits per heavy atom. The van der Waals surface area contributed by atoms with E-state index in [1.807, 2.05) is 0 Å². The lowest BCUT2D eigenvalue weighted by atomic mass is 9.80. The van der Waals surface area contributed by atoms with Crippen molar-refractivity contribution in [2.45, 2.75) is 32.1 Å². The second-order valence-electron chi connectivity index (χ2n) is 4.67. The first kappa shape index (κ1) is 11.1. The van der Waals surface area contributed by atoms with Gasteiger partial charge in [0.15, 0.2) is 0 Å². The Labute approximate surface area is 97.2 Å². The Kier molecular flexibility index (Phi) is 3.55. The largest absolute Gasteiger partial charge is 0.300 e. The third kappa shape index (κ3) is 2.82. The zero-order chi connectivity index (χ0) is 11.4. The summed E-state index contributed by atoms with van der Waals surface area (Å²) in [4.78, 5) is 11.1. The van der Waals surface area contributed by atoms with Crippen LogP contribution in [0.1, 0.15) is 37.7 Å². The first-order chi connectivity index (χ1) is 7.75. The topological polar surface area (TPSA) is 17.1 Å². The predicted octanol–water partition coefficient (Wildman–Crippen LogP) is 3.72. The number of hydrogen-bond acceptors (Lipinski definition) is 1. The molecular weight excluding hydrogens is 196 g/mol. The molecule has 0 aromatic heterocycles. The quantitative estimate of drug-likeness (QED) is 0.701. The fraction of sp³-hybridized carbons (Fsp3) is 0.400. The molecule has 16 heavy (non-hydrogen) atoms. The van der Waals surface area contributed by atoms with Gasteiger partial charge in [0.05, 0.1) is 0 Å². The molecule has 0 saturated heterocycles. The molecule has 1 nitrogen and oxygen atoms in total. The molecule has 1 aromatic rings. The van der Waals surface area contributed by atoms with Crippen LogP contribution in [0.3, 0.4) is 0 Å². The van der Waals surface area contributed by atoms with Crippen molar-refractivity contribution in [2.24, 2.45) is 5.92 Å². The maximum absolute atomic E-state index is 11.1. The fourth-order valence-electron chi connectivity index (χ4n) is 2.49. The van der Waals surface area contributed by atoms with Gasteiger partial charge in [0.2, 0.25) is 0 Å². The Morgan fingerprint density at radius 2 is 2.06 bits per heavy atom. The van der Waals surface area contributed by atoms with Crippen molar-refractivity contribution in [3.05, 3.63) is 48.0 Å². The minimum Gasteiger partial charge on any atom is -0.300 e. The number of rotatable bonds is 3.